The van der Waals surface area contributed by atoms with Crippen LogP contribution in [0.2, 0.25) is 0 Å². The molecule has 2 rings (SSSR count). The summed E-state index contributed by atoms with van der Waals surface area (Å²) in [6, 6.07) is 9.54. The third-order valence-corrected chi connectivity index (χ3v) is 4.03. The Balaban J connectivity index is 1.55. The van der Waals surface area contributed by atoms with Crippen LogP contribution in [0.1, 0.15) is 6.92 Å². The van der Waals surface area contributed by atoms with Gasteiger partial charge in [-0.05, 0) is 19.1 Å². The molecule has 0 aromatic heterocycles. The molecule has 1 aromatic carbocycles. The molecule has 1 atom stereocenters. The number of aliphatic hydroxyl groups is 1. The van der Waals surface area contributed by atoms with Crippen molar-refractivity contribution in [1.82, 2.24) is 20.7 Å². The van der Waals surface area contributed by atoms with Gasteiger partial charge in [-0.2, -0.15) is 0 Å². The number of allylic oxidation sites excluding steroid dienone is 1. The number of nitrogens with zero attached hydrogens (tertiary/aromatic N) is 2. The molecule has 6 nitrogen and oxygen atoms in total. The van der Waals surface area contributed by atoms with Crippen LogP contribution in [0.3, 0.4) is 0 Å². The van der Waals surface area contributed by atoms with Crippen molar-refractivity contribution in [3.8, 4) is 5.75 Å². The fourth-order valence-electron chi connectivity index (χ4n) is 2.42. The minimum Gasteiger partial charge on any atom is -0.491 e. The van der Waals surface area contributed by atoms with Crippen LogP contribution in [0, 0.1) is 0 Å². The van der Waals surface area contributed by atoms with Crippen molar-refractivity contribution in [3.05, 3.63) is 41.7 Å². The van der Waals surface area contributed by atoms with Gasteiger partial charge in [-0.15, -0.1) is 0 Å². The fraction of sp³-hybridized carbons (Fsp3) is 0.529. The number of ether oxygens (including phenoxy) is 1. The van der Waals surface area contributed by atoms with E-state index in [0.717, 1.165) is 25.4 Å². The molecule has 0 bridgehead atoms. The highest BCUT2D eigenvalue weighted by Crippen LogP contribution is 2.16. The molecule has 0 radical (unpaired) electrons. The van der Waals surface area contributed by atoms with Crippen molar-refractivity contribution in [2.24, 2.45) is 0 Å². The van der Waals surface area contributed by atoms with Gasteiger partial charge in [-0.1, -0.05) is 18.2 Å². The topological polar surface area (TPSA) is 60.0 Å². The van der Waals surface area contributed by atoms with E-state index in [1.807, 2.05) is 30.3 Å². The van der Waals surface area contributed by atoms with Gasteiger partial charge < -0.3 is 25.5 Å². The van der Waals surface area contributed by atoms with Crippen LogP contribution in [0.15, 0.2) is 41.7 Å². The Kier molecular flexibility index (Phi) is 6.70. The average Bonchev–Trinajstić information content (AvgIpc) is 2.81. The Hall–Kier alpha value is -1.76. The van der Waals surface area contributed by atoms with Gasteiger partial charge in [0.1, 0.15) is 18.5 Å². The van der Waals surface area contributed by atoms with Crippen molar-refractivity contribution >= 4 is 0 Å². The van der Waals surface area contributed by atoms with Gasteiger partial charge in [0.2, 0.25) is 0 Å². The summed E-state index contributed by atoms with van der Waals surface area (Å²) in [6.07, 6.45) is -0.514. The normalized spacial score (nSPS) is 16.8. The molecule has 1 aliphatic heterocycles. The lowest BCUT2D eigenvalue weighted by Crippen LogP contribution is -2.35. The fourth-order valence-corrected chi connectivity index (χ4v) is 2.42. The number of nitrogens with one attached hydrogen (secondary N) is 2. The molecule has 128 valence electrons. The molecule has 0 saturated carbocycles. The van der Waals surface area contributed by atoms with Gasteiger partial charge in [0.15, 0.2) is 0 Å². The second-order valence-electron chi connectivity index (χ2n) is 5.81. The molecular weight excluding hydrogens is 292 g/mol. The van der Waals surface area contributed by atoms with Gasteiger partial charge in [0, 0.05) is 45.1 Å². The number of aliphatic hydroxyl groups excluding tert-OH is 1. The third-order valence-electron chi connectivity index (χ3n) is 4.03. The van der Waals surface area contributed by atoms with Crippen molar-refractivity contribution in [2.45, 2.75) is 13.0 Å². The Labute approximate surface area is 138 Å². The van der Waals surface area contributed by atoms with Crippen LogP contribution in [0.4, 0.5) is 0 Å². The second-order valence-corrected chi connectivity index (χ2v) is 5.81. The lowest BCUT2D eigenvalue weighted by molar-refractivity contribution is 0.102. The predicted molar refractivity (Wildman–Crippen MR) is 91.9 cm³/mol. The molecule has 0 saturated heterocycles. The molecule has 0 amide bonds. The van der Waals surface area contributed by atoms with Crippen molar-refractivity contribution < 1.29 is 9.84 Å². The number of rotatable bonds is 9. The highest BCUT2D eigenvalue weighted by Gasteiger charge is 2.20. The third kappa shape index (κ3) is 5.42. The number of likely N-dealkylation sites (N-methyl/N-ethyl adjacent to an activating group) is 1. The Bertz CT molecular complexity index is 507. The summed E-state index contributed by atoms with van der Waals surface area (Å²) in [5, 5.41) is 20.9. The molecule has 0 aliphatic carbocycles. The summed E-state index contributed by atoms with van der Waals surface area (Å²) in [5.41, 5.74) is 2.51. The van der Waals surface area contributed by atoms with Gasteiger partial charge >= 0.3 is 0 Å². The summed E-state index contributed by atoms with van der Waals surface area (Å²) >= 11 is 0. The van der Waals surface area contributed by atoms with E-state index in [1.165, 1.54) is 11.4 Å². The maximum Gasteiger partial charge on any atom is 0.119 e. The Morgan fingerprint density at radius 1 is 1.22 bits per heavy atom. The number of para-hydroxylation sites is 1. The molecule has 3 N–H and O–H groups in total. The van der Waals surface area contributed by atoms with Crippen LogP contribution in [0.25, 0.3) is 0 Å². The Morgan fingerprint density at radius 3 is 2.61 bits per heavy atom. The van der Waals surface area contributed by atoms with E-state index in [1.54, 1.807) is 0 Å². The molecule has 1 heterocycles. The first-order valence-corrected chi connectivity index (χ1v) is 8.03. The molecule has 1 aromatic rings. The zero-order valence-corrected chi connectivity index (χ0v) is 14.2. The first-order chi connectivity index (χ1) is 11.1. The van der Waals surface area contributed by atoms with E-state index >= 15 is 0 Å². The molecular formula is C17H28N4O2. The number of benzene rings is 1. The summed E-state index contributed by atoms with van der Waals surface area (Å²) < 4.78 is 5.52. The molecule has 6 heteroatoms. The second kappa shape index (κ2) is 8.76. The van der Waals surface area contributed by atoms with E-state index in [-0.39, 0.29) is 0 Å². The highest BCUT2D eigenvalue weighted by molar-refractivity contribution is 5.20. The van der Waals surface area contributed by atoms with E-state index in [2.05, 4.69) is 41.7 Å². The smallest absolute Gasteiger partial charge is 0.119 e. The first kappa shape index (κ1) is 17.6. The summed E-state index contributed by atoms with van der Waals surface area (Å²) in [6.45, 7) is 5.48. The minimum absolute atomic E-state index is 0.296. The van der Waals surface area contributed by atoms with Crippen LogP contribution >= 0.6 is 0 Å². The molecule has 23 heavy (non-hydrogen) atoms. The lowest BCUT2D eigenvalue weighted by atomic mass is 10.3. The molecule has 0 spiro atoms. The monoisotopic (exact) mass is 320 g/mol. The highest BCUT2D eigenvalue weighted by atomic mass is 16.5. The quantitative estimate of drug-likeness (QED) is 0.580. The van der Waals surface area contributed by atoms with Crippen LogP contribution in [-0.4, -0.2) is 68.1 Å². The van der Waals surface area contributed by atoms with Crippen LogP contribution < -0.4 is 15.4 Å². The van der Waals surface area contributed by atoms with E-state index in [4.69, 9.17) is 4.74 Å². The molecule has 1 aliphatic rings. The van der Waals surface area contributed by atoms with Crippen molar-refractivity contribution in [1.29, 1.82) is 0 Å². The van der Waals surface area contributed by atoms with Gasteiger partial charge in [0.25, 0.3) is 0 Å². The molecule has 1 unspecified atom stereocenters. The van der Waals surface area contributed by atoms with Crippen LogP contribution in [0.5, 0.6) is 5.75 Å². The van der Waals surface area contributed by atoms with E-state index < -0.39 is 6.10 Å². The first-order valence-electron chi connectivity index (χ1n) is 8.03. The summed E-state index contributed by atoms with van der Waals surface area (Å²) in [5.74, 6) is 0.783. The summed E-state index contributed by atoms with van der Waals surface area (Å²) in [4.78, 5) is 0. The summed E-state index contributed by atoms with van der Waals surface area (Å²) in [7, 11) is 4.13. The maximum absolute atomic E-state index is 9.90. The van der Waals surface area contributed by atoms with Gasteiger partial charge in [0.05, 0.1) is 6.54 Å². The Morgan fingerprint density at radius 2 is 1.96 bits per heavy atom. The zero-order valence-electron chi connectivity index (χ0n) is 14.2. The minimum atomic E-state index is -0.514. The maximum atomic E-state index is 9.90. The number of hydrazine groups is 1. The largest absolute Gasteiger partial charge is 0.491 e. The average molecular weight is 320 g/mol. The van der Waals surface area contributed by atoms with Gasteiger partial charge in [-0.3, -0.25) is 0 Å². The van der Waals surface area contributed by atoms with Crippen LogP contribution in [-0.2, 0) is 0 Å². The lowest BCUT2D eigenvalue weighted by Gasteiger charge is -2.21. The number of hydrogen-bond donors (Lipinski definition) is 3. The predicted octanol–water partition coefficient (Wildman–Crippen LogP) is 0.629. The molecule has 0 fully saturated rings. The van der Waals surface area contributed by atoms with Crippen molar-refractivity contribution in [3.63, 3.8) is 0 Å². The van der Waals surface area contributed by atoms with E-state index in [9.17, 15) is 5.11 Å². The SMILES string of the molecule is CC1=C(NCCNCC(O)COc2ccccc2)CN(C)N1C. The van der Waals surface area contributed by atoms with E-state index in [0.29, 0.717) is 13.2 Å². The number of hydrogen-bond acceptors (Lipinski definition) is 6. The van der Waals surface area contributed by atoms with Gasteiger partial charge in [-0.25, -0.2) is 5.01 Å². The zero-order chi connectivity index (χ0) is 16.7. The van der Waals surface area contributed by atoms with Crippen molar-refractivity contribution in [2.75, 3.05) is 46.9 Å². The standard InChI is InChI=1S/C17H28N4O2/c1-14-17(12-20(2)21(14)3)19-10-9-18-11-15(22)13-23-16-7-5-4-6-8-16/h4-8,15,18-19,22H,9-13H2,1-3H3.